The van der Waals surface area contributed by atoms with Gasteiger partial charge in [-0.3, -0.25) is 0 Å². The molecule has 0 heterocycles. The molecule has 4 heteroatoms. The molecule has 0 aromatic rings. The van der Waals surface area contributed by atoms with Gasteiger partial charge in [-0.1, -0.05) is 0 Å². The van der Waals surface area contributed by atoms with E-state index in [1.54, 1.807) is 0 Å². The summed E-state index contributed by atoms with van der Waals surface area (Å²) in [6.07, 6.45) is 0. The van der Waals surface area contributed by atoms with Crippen molar-refractivity contribution in [1.82, 2.24) is 0 Å². The average molecular weight is 385 g/mol. The van der Waals surface area contributed by atoms with Gasteiger partial charge in [0.1, 0.15) is 0 Å². The van der Waals surface area contributed by atoms with Crippen molar-refractivity contribution in [3.05, 3.63) is 0 Å². The normalized spacial score (nSPS) is 0. The summed E-state index contributed by atoms with van der Waals surface area (Å²) in [6, 6.07) is 0. The van der Waals surface area contributed by atoms with Gasteiger partial charge in [-0.15, -0.1) is 0 Å². The summed E-state index contributed by atoms with van der Waals surface area (Å²) in [7, 11) is 0. The first-order valence-corrected chi connectivity index (χ1v) is 0. The molecular formula is Br3Pm-3. The summed E-state index contributed by atoms with van der Waals surface area (Å²) in [6.45, 7) is 0. The van der Waals surface area contributed by atoms with Crippen molar-refractivity contribution >= 4 is 0 Å². The molecule has 1 radical (unpaired) electrons. The van der Waals surface area contributed by atoms with Crippen LogP contribution in [-0.4, -0.2) is 0 Å². The van der Waals surface area contributed by atoms with Crippen LogP contribution < -0.4 is 50.9 Å². The van der Waals surface area contributed by atoms with Crippen LogP contribution in [0.15, 0.2) is 0 Å². The van der Waals surface area contributed by atoms with Gasteiger partial charge in [-0.05, 0) is 0 Å². The number of rotatable bonds is 0. The molecule has 0 spiro atoms. The molecule has 0 unspecified atom stereocenters. The van der Waals surface area contributed by atoms with E-state index in [1.165, 1.54) is 0 Å². The largest absolute Gasteiger partial charge is 1.00 e. The van der Waals surface area contributed by atoms with Gasteiger partial charge in [0.2, 0.25) is 0 Å². The van der Waals surface area contributed by atoms with Crippen molar-refractivity contribution in [2.45, 2.75) is 0 Å². The Hall–Kier alpha value is 2.78. The van der Waals surface area contributed by atoms with E-state index >= 15 is 0 Å². The van der Waals surface area contributed by atoms with Crippen molar-refractivity contribution in [3.8, 4) is 0 Å². The van der Waals surface area contributed by atoms with Gasteiger partial charge in [0.25, 0.3) is 0 Å². The molecular weight excluding hydrogens is 385 g/mol. The molecule has 0 nitrogen and oxygen atoms in total. The minimum absolute atomic E-state index is 0. The number of hydrogen-bond donors (Lipinski definition) is 0. The molecule has 0 atom stereocenters. The summed E-state index contributed by atoms with van der Waals surface area (Å²) in [5.74, 6) is 0. The zero-order chi connectivity index (χ0) is 0. The molecule has 0 rings (SSSR count). The van der Waals surface area contributed by atoms with Crippen LogP contribution >= 0.6 is 0 Å². The third-order valence-electron chi connectivity index (χ3n) is 0. The SMILES string of the molecule is [Br-].[Br-].[Br-].[Pm]. The van der Waals surface area contributed by atoms with Crippen LogP contribution in [0.4, 0.5) is 0 Å². The Balaban J connectivity index is 0. The van der Waals surface area contributed by atoms with Gasteiger partial charge in [-0.2, -0.15) is 0 Å². The van der Waals surface area contributed by atoms with Gasteiger partial charge in [0, 0.05) is 40.4 Å². The number of hydrogen-bond acceptors (Lipinski definition) is 0. The first kappa shape index (κ1) is 29.3. The molecule has 4 heavy (non-hydrogen) atoms. The molecule has 0 aliphatic carbocycles. The zero-order valence-corrected chi connectivity index (χ0v) is 9.21. The zero-order valence-electron chi connectivity index (χ0n) is 1.58. The maximum Gasteiger partial charge on any atom is 0 e. The third-order valence-corrected chi connectivity index (χ3v) is 0. The Morgan fingerprint density at radius 2 is 0.500 bits per heavy atom. The summed E-state index contributed by atoms with van der Waals surface area (Å²) in [4.78, 5) is 0. The van der Waals surface area contributed by atoms with Gasteiger partial charge < -0.3 is 50.9 Å². The topological polar surface area (TPSA) is 0 Å². The minimum Gasteiger partial charge on any atom is -1.00 e. The van der Waals surface area contributed by atoms with Crippen molar-refractivity contribution in [2.75, 3.05) is 0 Å². The Labute approximate surface area is 89.5 Å². The van der Waals surface area contributed by atoms with Crippen LogP contribution in [-0.2, 0) is 0 Å². The summed E-state index contributed by atoms with van der Waals surface area (Å²) in [5, 5.41) is 0. The van der Waals surface area contributed by atoms with Gasteiger partial charge in [-0.25, -0.2) is 0 Å². The molecule has 0 aromatic heterocycles. The summed E-state index contributed by atoms with van der Waals surface area (Å²) >= 11 is 0. The van der Waals surface area contributed by atoms with E-state index in [9.17, 15) is 0 Å². The van der Waals surface area contributed by atoms with Crippen LogP contribution in [0.1, 0.15) is 0 Å². The van der Waals surface area contributed by atoms with Crippen molar-refractivity contribution in [1.29, 1.82) is 0 Å². The predicted molar refractivity (Wildman–Crippen MR) is 0 cm³/mol. The molecule has 0 saturated carbocycles. The smallest absolute Gasteiger partial charge is 0 e. The van der Waals surface area contributed by atoms with Gasteiger partial charge >= 0.3 is 0 Å². The molecule has 0 saturated heterocycles. The van der Waals surface area contributed by atoms with E-state index in [-0.39, 0.29) is 91.3 Å². The quantitative estimate of drug-likeness (QED) is 0.389. The molecule has 0 bridgehead atoms. The molecule has 0 aliphatic heterocycles. The summed E-state index contributed by atoms with van der Waals surface area (Å²) < 4.78 is 0. The molecule has 29 valence electrons. The van der Waals surface area contributed by atoms with Gasteiger partial charge in [0.05, 0.1) is 0 Å². The Morgan fingerprint density at radius 3 is 0.500 bits per heavy atom. The van der Waals surface area contributed by atoms with Crippen LogP contribution in [0.5, 0.6) is 0 Å². The first-order valence-electron chi connectivity index (χ1n) is 0. The molecule has 0 N–H and O–H groups in total. The second kappa shape index (κ2) is 17.1. The fourth-order valence-electron chi connectivity index (χ4n) is 0. The first-order chi connectivity index (χ1) is 0. The minimum atomic E-state index is 0. The van der Waals surface area contributed by atoms with Crippen LogP contribution in [0.25, 0.3) is 0 Å². The summed E-state index contributed by atoms with van der Waals surface area (Å²) in [5.41, 5.74) is 0. The fraction of sp³-hybridized carbons (Fsp3) is 0. The average Bonchev–Trinajstić information content (AvgIpc) is 0. The van der Waals surface area contributed by atoms with E-state index in [4.69, 9.17) is 0 Å². The van der Waals surface area contributed by atoms with Crippen molar-refractivity contribution in [2.24, 2.45) is 0 Å². The van der Waals surface area contributed by atoms with E-state index in [0.717, 1.165) is 0 Å². The molecule has 0 amide bonds. The second-order valence-corrected chi connectivity index (χ2v) is 0. The van der Waals surface area contributed by atoms with Gasteiger partial charge in [0.15, 0.2) is 0 Å². The number of halogens is 3. The second-order valence-electron chi connectivity index (χ2n) is 0. The maximum absolute atomic E-state index is 0. The molecule has 0 fully saturated rings. The third kappa shape index (κ3) is 8.84. The monoisotopic (exact) mass is 382 g/mol. The van der Waals surface area contributed by atoms with Crippen LogP contribution in [0.3, 0.4) is 0 Å². The Bertz CT molecular complexity index is 3.25. The van der Waals surface area contributed by atoms with E-state index in [1.807, 2.05) is 0 Å². The van der Waals surface area contributed by atoms with E-state index < -0.39 is 0 Å². The van der Waals surface area contributed by atoms with Crippen molar-refractivity contribution < 1.29 is 91.3 Å². The molecule has 0 aromatic carbocycles. The van der Waals surface area contributed by atoms with E-state index in [2.05, 4.69) is 0 Å². The van der Waals surface area contributed by atoms with Crippen LogP contribution in [0, 0.1) is 40.4 Å². The fourth-order valence-corrected chi connectivity index (χ4v) is 0. The predicted octanol–water partition coefficient (Wildman–Crippen LogP) is -8.99. The maximum atomic E-state index is 0. The standard InChI is InChI=1S/3BrH.Pm/h3*1H;/p-3. The van der Waals surface area contributed by atoms with Crippen molar-refractivity contribution in [3.63, 3.8) is 0 Å². The van der Waals surface area contributed by atoms with E-state index in [0.29, 0.717) is 0 Å². The van der Waals surface area contributed by atoms with Crippen LogP contribution in [0.2, 0.25) is 0 Å². The Morgan fingerprint density at radius 1 is 0.500 bits per heavy atom. The molecule has 0 aliphatic rings. The Kier molecular flexibility index (Phi) is 125.